The molecule has 2 aromatic carbocycles. The molecular weight excluding hydrogens is 396 g/mol. The number of hydrogen-bond acceptors (Lipinski definition) is 6. The fourth-order valence-electron chi connectivity index (χ4n) is 3.02. The van der Waals surface area contributed by atoms with Crippen LogP contribution in [-0.4, -0.2) is 42.6 Å². The van der Waals surface area contributed by atoms with Crippen molar-refractivity contribution in [1.29, 1.82) is 0 Å². The van der Waals surface area contributed by atoms with Gasteiger partial charge in [0.2, 0.25) is 0 Å². The van der Waals surface area contributed by atoms with Crippen LogP contribution in [0.3, 0.4) is 0 Å². The second kappa shape index (κ2) is 10.3. The molecule has 0 bridgehead atoms. The molecule has 2 N–H and O–H groups in total. The summed E-state index contributed by atoms with van der Waals surface area (Å²) in [5.74, 6) is 1.62. The van der Waals surface area contributed by atoms with Crippen LogP contribution in [0.5, 0.6) is 17.2 Å². The van der Waals surface area contributed by atoms with Crippen LogP contribution in [0.1, 0.15) is 36.3 Å². The third-order valence-electron chi connectivity index (χ3n) is 4.63. The number of H-pyrrole nitrogens is 1. The first-order chi connectivity index (χ1) is 15.1. The molecule has 162 valence electrons. The van der Waals surface area contributed by atoms with Gasteiger partial charge < -0.3 is 14.2 Å². The summed E-state index contributed by atoms with van der Waals surface area (Å²) in [6.45, 7) is 4.53. The minimum atomic E-state index is -0.379. The molecule has 1 aromatic heterocycles. The van der Waals surface area contributed by atoms with Gasteiger partial charge in [0.1, 0.15) is 11.4 Å². The van der Waals surface area contributed by atoms with Gasteiger partial charge in [-0.3, -0.25) is 9.89 Å². The molecule has 1 amide bonds. The highest BCUT2D eigenvalue weighted by Crippen LogP contribution is 2.31. The van der Waals surface area contributed by atoms with E-state index in [0.717, 1.165) is 22.6 Å². The smallest absolute Gasteiger partial charge is 0.289 e. The van der Waals surface area contributed by atoms with Gasteiger partial charge in [-0.15, -0.1) is 0 Å². The van der Waals surface area contributed by atoms with Crippen molar-refractivity contribution in [2.24, 2.45) is 5.10 Å². The first kappa shape index (κ1) is 21.9. The molecule has 8 heteroatoms. The van der Waals surface area contributed by atoms with E-state index in [9.17, 15) is 4.79 Å². The molecule has 31 heavy (non-hydrogen) atoms. The van der Waals surface area contributed by atoms with Crippen molar-refractivity contribution in [1.82, 2.24) is 15.6 Å². The number of amides is 1. The molecule has 0 aliphatic heterocycles. The second-order valence-corrected chi connectivity index (χ2v) is 6.55. The average Bonchev–Trinajstić information content (AvgIpc) is 3.30. The van der Waals surface area contributed by atoms with Gasteiger partial charge >= 0.3 is 0 Å². The Balaban J connectivity index is 1.73. The first-order valence-electron chi connectivity index (χ1n) is 9.97. The molecule has 0 radical (unpaired) electrons. The molecule has 0 aliphatic carbocycles. The van der Waals surface area contributed by atoms with Crippen molar-refractivity contribution in [3.8, 4) is 28.5 Å². The maximum absolute atomic E-state index is 12.5. The van der Waals surface area contributed by atoms with E-state index in [1.54, 1.807) is 32.4 Å². The van der Waals surface area contributed by atoms with Crippen molar-refractivity contribution in [2.45, 2.75) is 20.3 Å². The van der Waals surface area contributed by atoms with Crippen molar-refractivity contribution >= 4 is 11.6 Å². The number of hydrogen-bond donors (Lipinski definition) is 2. The van der Waals surface area contributed by atoms with Gasteiger partial charge in [-0.05, 0) is 67.4 Å². The summed E-state index contributed by atoms with van der Waals surface area (Å²) in [7, 11) is 3.14. The quantitative estimate of drug-likeness (QED) is 0.401. The van der Waals surface area contributed by atoms with E-state index in [-0.39, 0.29) is 5.91 Å². The number of ether oxygens (including phenoxy) is 3. The lowest BCUT2D eigenvalue weighted by Crippen LogP contribution is -2.20. The van der Waals surface area contributed by atoms with E-state index in [4.69, 9.17) is 14.2 Å². The lowest BCUT2D eigenvalue weighted by atomic mass is 10.1. The lowest BCUT2D eigenvalue weighted by Gasteiger charge is -2.08. The summed E-state index contributed by atoms with van der Waals surface area (Å²) in [5, 5.41) is 11.3. The minimum Gasteiger partial charge on any atom is -0.494 e. The Morgan fingerprint density at radius 2 is 1.77 bits per heavy atom. The lowest BCUT2D eigenvalue weighted by molar-refractivity contribution is 0.0950. The standard InChI is InChI=1S/C23H26N4O4/c1-5-18(15-7-10-17(11-8-15)31-6-2)24-27-23(28)20-14-19(25-26-20)16-9-12-21(29-3)22(13-16)30-4/h7-14H,5-6H2,1-4H3,(H,25,26)(H,27,28)/b24-18-. The third kappa shape index (κ3) is 5.22. The van der Waals surface area contributed by atoms with Crippen molar-refractivity contribution in [2.75, 3.05) is 20.8 Å². The van der Waals surface area contributed by atoms with Crippen LogP contribution in [0.2, 0.25) is 0 Å². The number of aromatic amines is 1. The molecule has 3 rings (SSSR count). The molecule has 8 nitrogen and oxygen atoms in total. The highest BCUT2D eigenvalue weighted by Gasteiger charge is 2.13. The predicted molar refractivity (Wildman–Crippen MR) is 119 cm³/mol. The van der Waals surface area contributed by atoms with Crippen molar-refractivity contribution in [3.63, 3.8) is 0 Å². The second-order valence-electron chi connectivity index (χ2n) is 6.55. The summed E-state index contributed by atoms with van der Waals surface area (Å²) in [6, 6.07) is 14.7. The van der Waals surface area contributed by atoms with Crippen LogP contribution >= 0.6 is 0 Å². The van der Waals surface area contributed by atoms with Gasteiger partial charge in [-0.25, -0.2) is 5.43 Å². The Labute approximate surface area is 181 Å². The number of rotatable bonds is 9. The third-order valence-corrected chi connectivity index (χ3v) is 4.63. The van der Waals surface area contributed by atoms with Gasteiger partial charge in [-0.2, -0.15) is 10.2 Å². The number of benzene rings is 2. The Hall–Kier alpha value is -3.81. The van der Waals surface area contributed by atoms with Crippen LogP contribution < -0.4 is 19.6 Å². The molecule has 0 fully saturated rings. The first-order valence-corrected chi connectivity index (χ1v) is 9.97. The van der Waals surface area contributed by atoms with E-state index in [2.05, 4.69) is 20.7 Å². The normalized spacial score (nSPS) is 11.2. The van der Waals surface area contributed by atoms with Gasteiger partial charge in [-0.1, -0.05) is 6.92 Å². The fraction of sp³-hybridized carbons (Fsp3) is 0.261. The van der Waals surface area contributed by atoms with E-state index in [1.807, 2.05) is 44.2 Å². The van der Waals surface area contributed by atoms with E-state index in [1.165, 1.54) is 0 Å². The zero-order valence-electron chi connectivity index (χ0n) is 18.1. The Bertz CT molecular complexity index is 1060. The molecule has 0 spiro atoms. The van der Waals surface area contributed by atoms with E-state index in [0.29, 0.717) is 35.9 Å². The molecule has 0 atom stereocenters. The number of hydrazone groups is 1. The molecule has 0 saturated heterocycles. The van der Waals surface area contributed by atoms with Crippen LogP contribution in [0, 0.1) is 0 Å². The Morgan fingerprint density at radius 1 is 1.03 bits per heavy atom. The SMILES string of the molecule is CCOc1ccc(/C(CC)=N\NC(=O)c2cc(-c3ccc(OC)c(OC)c3)n[nH]2)cc1. The predicted octanol–water partition coefficient (Wildman–Crippen LogP) is 4.04. The molecular formula is C23H26N4O4. The van der Waals surface area contributed by atoms with Crippen LogP contribution in [0.4, 0.5) is 0 Å². The summed E-state index contributed by atoms with van der Waals surface area (Å²) < 4.78 is 16.0. The highest BCUT2D eigenvalue weighted by atomic mass is 16.5. The topological polar surface area (TPSA) is 97.8 Å². The monoisotopic (exact) mass is 422 g/mol. The summed E-state index contributed by atoms with van der Waals surface area (Å²) >= 11 is 0. The highest BCUT2D eigenvalue weighted by molar-refractivity contribution is 6.02. The van der Waals surface area contributed by atoms with Gasteiger partial charge in [0.15, 0.2) is 11.5 Å². The summed E-state index contributed by atoms with van der Waals surface area (Å²) in [6.07, 6.45) is 0.661. The molecule has 3 aromatic rings. The zero-order chi connectivity index (χ0) is 22.2. The summed E-state index contributed by atoms with van der Waals surface area (Å²) in [4.78, 5) is 12.5. The molecule has 0 saturated carbocycles. The number of aromatic nitrogens is 2. The fourth-order valence-corrected chi connectivity index (χ4v) is 3.02. The van der Waals surface area contributed by atoms with Crippen LogP contribution in [0.15, 0.2) is 53.6 Å². The zero-order valence-corrected chi connectivity index (χ0v) is 18.1. The number of carbonyl (C=O) groups is 1. The number of nitrogens with one attached hydrogen (secondary N) is 2. The number of nitrogens with zero attached hydrogens (tertiary/aromatic N) is 2. The van der Waals surface area contributed by atoms with Crippen LogP contribution in [0.25, 0.3) is 11.3 Å². The molecule has 0 unspecified atom stereocenters. The minimum absolute atomic E-state index is 0.302. The van der Waals surface area contributed by atoms with E-state index < -0.39 is 0 Å². The van der Waals surface area contributed by atoms with Gasteiger partial charge in [0, 0.05) is 5.56 Å². The van der Waals surface area contributed by atoms with E-state index >= 15 is 0 Å². The Morgan fingerprint density at radius 3 is 2.42 bits per heavy atom. The maximum atomic E-state index is 12.5. The Kier molecular flexibility index (Phi) is 7.26. The number of methoxy groups -OCH3 is 2. The van der Waals surface area contributed by atoms with Crippen LogP contribution in [-0.2, 0) is 0 Å². The largest absolute Gasteiger partial charge is 0.494 e. The van der Waals surface area contributed by atoms with Crippen molar-refractivity contribution in [3.05, 3.63) is 59.8 Å². The number of carbonyl (C=O) groups excluding carboxylic acids is 1. The molecule has 0 aliphatic rings. The molecule has 1 heterocycles. The maximum Gasteiger partial charge on any atom is 0.289 e. The average molecular weight is 422 g/mol. The van der Waals surface area contributed by atoms with Gasteiger partial charge in [0.25, 0.3) is 5.91 Å². The van der Waals surface area contributed by atoms with Gasteiger partial charge in [0.05, 0.1) is 32.2 Å². The van der Waals surface area contributed by atoms with Crippen molar-refractivity contribution < 1.29 is 19.0 Å². The summed E-state index contributed by atoms with van der Waals surface area (Å²) in [5.41, 5.74) is 5.98.